The number of halogens is 1. The number of hydrogen-bond acceptors (Lipinski definition) is 3. The second kappa shape index (κ2) is 4.50. The lowest BCUT2D eigenvalue weighted by Crippen LogP contribution is -2.21. The summed E-state index contributed by atoms with van der Waals surface area (Å²) in [7, 11) is 0. The van der Waals surface area contributed by atoms with Gasteiger partial charge in [-0.2, -0.15) is 0 Å². The van der Waals surface area contributed by atoms with E-state index in [1.807, 2.05) is 6.07 Å². The Labute approximate surface area is 110 Å². The third-order valence-corrected chi connectivity index (χ3v) is 3.73. The standard InChI is InChI=1S/C13H17BrO3/c1-4-8-9(13(2,3)15)7-10-12(11(8)14)17-6-5-16-10/h7,15H,4-6H2,1-3H3. The average Bonchev–Trinajstić information content (AvgIpc) is 2.28. The first-order valence-corrected chi connectivity index (χ1v) is 6.58. The number of benzene rings is 1. The second-order valence-electron chi connectivity index (χ2n) is 4.65. The molecule has 0 unspecified atom stereocenters. The van der Waals surface area contributed by atoms with Gasteiger partial charge in [0.25, 0.3) is 0 Å². The maximum Gasteiger partial charge on any atom is 0.175 e. The molecule has 0 amide bonds. The lowest BCUT2D eigenvalue weighted by molar-refractivity contribution is 0.0765. The Morgan fingerprint density at radius 1 is 1.35 bits per heavy atom. The molecule has 1 N–H and O–H groups in total. The lowest BCUT2D eigenvalue weighted by Gasteiger charge is -2.27. The van der Waals surface area contributed by atoms with Gasteiger partial charge < -0.3 is 14.6 Å². The van der Waals surface area contributed by atoms with Gasteiger partial charge in [0.2, 0.25) is 0 Å². The van der Waals surface area contributed by atoms with Gasteiger partial charge in [-0.3, -0.25) is 0 Å². The summed E-state index contributed by atoms with van der Waals surface area (Å²) in [6, 6.07) is 1.89. The molecule has 94 valence electrons. The zero-order valence-corrected chi connectivity index (χ0v) is 11.9. The zero-order chi connectivity index (χ0) is 12.6. The minimum absolute atomic E-state index is 0.552. The quantitative estimate of drug-likeness (QED) is 0.912. The normalized spacial score (nSPS) is 14.9. The lowest BCUT2D eigenvalue weighted by atomic mass is 9.91. The molecular weight excluding hydrogens is 284 g/mol. The fraction of sp³-hybridized carbons (Fsp3) is 0.538. The molecule has 1 aromatic carbocycles. The van der Waals surface area contributed by atoms with Crippen LogP contribution in [0.2, 0.25) is 0 Å². The Morgan fingerprint density at radius 3 is 2.59 bits per heavy atom. The minimum Gasteiger partial charge on any atom is -0.486 e. The summed E-state index contributed by atoms with van der Waals surface area (Å²) in [5.74, 6) is 1.46. The van der Waals surface area contributed by atoms with E-state index in [0.717, 1.165) is 27.8 Å². The highest BCUT2D eigenvalue weighted by Gasteiger charge is 2.27. The van der Waals surface area contributed by atoms with Crippen LogP contribution in [0.4, 0.5) is 0 Å². The molecule has 0 saturated carbocycles. The summed E-state index contributed by atoms with van der Waals surface area (Å²) in [6.45, 7) is 6.74. The smallest absolute Gasteiger partial charge is 0.175 e. The van der Waals surface area contributed by atoms with Crippen LogP contribution in [-0.4, -0.2) is 18.3 Å². The van der Waals surface area contributed by atoms with Crippen LogP contribution in [0.5, 0.6) is 11.5 Å². The van der Waals surface area contributed by atoms with E-state index >= 15 is 0 Å². The van der Waals surface area contributed by atoms with E-state index < -0.39 is 5.60 Å². The molecule has 0 aromatic heterocycles. The van der Waals surface area contributed by atoms with Crippen molar-refractivity contribution in [2.24, 2.45) is 0 Å². The van der Waals surface area contributed by atoms with Gasteiger partial charge in [0.15, 0.2) is 11.5 Å². The van der Waals surface area contributed by atoms with Crippen molar-refractivity contribution in [3.05, 3.63) is 21.7 Å². The Kier molecular flexibility index (Phi) is 3.36. The summed E-state index contributed by atoms with van der Waals surface area (Å²) in [4.78, 5) is 0. The van der Waals surface area contributed by atoms with Crippen molar-refractivity contribution >= 4 is 15.9 Å². The maximum atomic E-state index is 10.2. The molecule has 1 aliphatic rings. The van der Waals surface area contributed by atoms with E-state index in [9.17, 15) is 5.11 Å². The van der Waals surface area contributed by atoms with Crippen molar-refractivity contribution in [2.75, 3.05) is 13.2 Å². The minimum atomic E-state index is -0.885. The average molecular weight is 301 g/mol. The van der Waals surface area contributed by atoms with Crippen molar-refractivity contribution in [1.82, 2.24) is 0 Å². The molecule has 0 atom stereocenters. The Hall–Kier alpha value is -0.740. The van der Waals surface area contributed by atoms with Crippen molar-refractivity contribution in [2.45, 2.75) is 32.8 Å². The van der Waals surface area contributed by atoms with E-state index in [2.05, 4.69) is 22.9 Å². The van der Waals surface area contributed by atoms with Crippen molar-refractivity contribution in [3.8, 4) is 11.5 Å². The number of fused-ring (bicyclic) bond motifs is 1. The summed E-state index contributed by atoms with van der Waals surface area (Å²) >= 11 is 3.55. The third kappa shape index (κ3) is 2.29. The van der Waals surface area contributed by atoms with Crippen LogP contribution in [0.15, 0.2) is 10.5 Å². The molecule has 1 aliphatic heterocycles. The number of ether oxygens (including phenoxy) is 2. The van der Waals surface area contributed by atoms with Gasteiger partial charge in [0.1, 0.15) is 13.2 Å². The number of aliphatic hydroxyl groups is 1. The largest absolute Gasteiger partial charge is 0.486 e. The molecule has 0 radical (unpaired) electrons. The molecule has 2 rings (SSSR count). The molecular formula is C13H17BrO3. The van der Waals surface area contributed by atoms with Gasteiger partial charge in [-0.05, 0) is 53.4 Å². The Balaban J connectivity index is 2.64. The maximum absolute atomic E-state index is 10.2. The fourth-order valence-electron chi connectivity index (χ4n) is 2.08. The summed E-state index contributed by atoms with van der Waals surface area (Å²) in [5, 5.41) is 10.2. The van der Waals surface area contributed by atoms with E-state index in [-0.39, 0.29) is 0 Å². The predicted octanol–water partition coefficient (Wildman–Crippen LogP) is 3.01. The molecule has 0 fully saturated rings. The summed E-state index contributed by atoms with van der Waals surface area (Å²) in [5.41, 5.74) is 1.07. The highest BCUT2D eigenvalue weighted by atomic mass is 79.9. The first-order chi connectivity index (χ1) is 7.95. The van der Waals surface area contributed by atoms with E-state index in [0.29, 0.717) is 19.0 Å². The first-order valence-electron chi connectivity index (χ1n) is 5.79. The first kappa shape index (κ1) is 12.7. The number of rotatable bonds is 2. The molecule has 0 saturated heterocycles. The van der Waals surface area contributed by atoms with Crippen LogP contribution in [0.1, 0.15) is 31.9 Å². The molecule has 17 heavy (non-hydrogen) atoms. The van der Waals surface area contributed by atoms with Crippen molar-refractivity contribution < 1.29 is 14.6 Å². The van der Waals surface area contributed by atoms with Crippen LogP contribution in [0.25, 0.3) is 0 Å². The predicted molar refractivity (Wildman–Crippen MR) is 69.8 cm³/mol. The van der Waals surface area contributed by atoms with Gasteiger partial charge in [0, 0.05) is 0 Å². The molecule has 4 heteroatoms. The number of hydrogen-bond donors (Lipinski definition) is 1. The van der Waals surface area contributed by atoms with Crippen molar-refractivity contribution in [1.29, 1.82) is 0 Å². The molecule has 0 aliphatic carbocycles. The summed E-state index contributed by atoms with van der Waals surface area (Å²) < 4.78 is 12.1. The van der Waals surface area contributed by atoms with Gasteiger partial charge in [-0.1, -0.05) is 6.92 Å². The molecule has 3 nitrogen and oxygen atoms in total. The van der Waals surface area contributed by atoms with Crippen LogP contribution in [-0.2, 0) is 12.0 Å². The van der Waals surface area contributed by atoms with Gasteiger partial charge >= 0.3 is 0 Å². The molecule has 0 spiro atoms. The molecule has 1 heterocycles. The van der Waals surface area contributed by atoms with Gasteiger partial charge in [-0.15, -0.1) is 0 Å². The van der Waals surface area contributed by atoms with Crippen LogP contribution < -0.4 is 9.47 Å². The highest BCUT2D eigenvalue weighted by Crippen LogP contribution is 2.44. The molecule has 0 bridgehead atoms. The van der Waals surface area contributed by atoms with E-state index in [1.165, 1.54) is 0 Å². The fourth-order valence-corrected chi connectivity index (χ4v) is 2.88. The Morgan fingerprint density at radius 2 is 2.00 bits per heavy atom. The van der Waals surface area contributed by atoms with Gasteiger partial charge in [-0.25, -0.2) is 0 Å². The monoisotopic (exact) mass is 300 g/mol. The van der Waals surface area contributed by atoms with Gasteiger partial charge in [0.05, 0.1) is 10.1 Å². The third-order valence-electron chi connectivity index (χ3n) is 2.89. The second-order valence-corrected chi connectivity index (χ2v) is 5.45. The summed E-state index contributed by atoms with van der Waals surface area (Å²) in [6.07, 6.45) is 0.830. The topological polar surface area (TPSA) is 38.7 Å². The molecule has 1 aromatic rings. The van der Waals surface area contributed by atoms with Crippen molar-refractivity contribution in [3.63, 3.8) is 0 Å². The van der Waals surface area contributed by atoms with E-state index in [4.69, 9.17) is 9.47 Å². The van der Waals surface area contributed by atoms with Crippen LogP contribution >= 0.6 is 15.9 Å². The van der Waals surface area contributed by atoms with Crippen LogP contribution in [0.3, 0.4) is 0 Å². The zero-order valence-electron chi connectivity index (χ0n) is 10.3. The SMILES string of the molecule is CCc1c(C(C)(C)O)cc2c(c1Br)OCCO2. The van der Waals surface area contributed by atoms with Crippen LogP contribution in [0, 0.1) is 0 Å². The highest BCUT2D eigenvalue weighted by molar-refractivity contribution is 9.10. The van der Waals surface area contributed by atoms with E-state index in [1.54, 1.807) is 13.8 Å². The Bertz CT molecular complexity index is 435.